The molecule has 82 valence electrons. The van der Waals surface area contributed by atoms with Gasteiger partial charge in [-0.2, -0.15) is 0 Å². The Morgan fingerprint density at radius 1 is 1.36 bits per heavy atom. The fourth-order valence-corrected chi connectivity index (χ4v) is 0.992. The molecule has 0 heterocycles. The first-order valence-corrected chi connectivity index (χ1v) is 5.25. The van der Waals surface area contributed by atoms with Gasteiger partial charge < -0.3 is 10.1 Å². The van der Waals surface area contributed by atoms with E-state index in [9.17, 15) is 9.59 Å². The molecule has 0 aromatic carbocycles. The van der Waals surface area contributed by atoms with Gasteiger partial charge in [0.25, 0.3) is 0 Å². The molecule has 0 saturated heterocycles. The molecular formula is C11H21NO2. The molecule has 3 heteroatoms. The summed E-state index contributed by atoms with van der Waals surface area (Å²) in [6.07, 6.45) is 4.59. The number of carbonyl (C=O) groups is 2. The maximum Gasteiger partial charge on any atom is 0.220 e. The molecule has 0 unspecified atom stereocenters. The van der Waals surface area contributed by atoms with E-state index in [4.69, 9.17) is 0 Å². The van der Waals surface area contributed by atoms with Gasteiger partial charge in [0.05, 0.1) is 0 Å². The van der Waals surface area contributed by atoms with E-state index in [1.807, 2.05) is 13.8 Å². The molecule has 0 spiro atoms. The van der Waals surface area contributed by atoms with Crippen LogP contribution in [0.2, 0.25) is 0 Å². The largest absolute Gasteiger partial charge is 0.355 e. The first-order chi connectivity index (χ1) is 6.52. The molecule has 0 fully saturated rings. The lowest BCUT2D eigenvalue weighted by molar-refractivity contribution is -0.122. The summed E-state index contributed by atoms with van der Waals surface area (Å²) in [4.78, 5) is 21.8. The van der Waals surface area contributed by atoms with Crippen molar-refractivity contribution >= 4 is 12.2 Å². The van der Waals surface area contributed by atoms with E-state index in [1.165, 1.54) is 0 Å². The van der Waals surface area contributed by atoms with Crippen LogP contribution in [-0.2, 0) is 9.59 Å². The third kappa shape index (κ3) is 6.63. The Morgan fingerprint density at radius 2 is 2.00 bits per heavy atom. The van der Waals surface area contributed by atoms with Gasteiger partial charge in [0, 0.05) is 18.4 Å². The van der Waals surface area contributed by atoms with Crippen molar-refractivity contribution in [3.05, 3.63) is 0 Å². The average molecular weight is 199 g/mol. The Morgan fingerprint density at radius 3 is 2.50 bits per heavy atom. The van der Waals surface area contributed by atoms with Crippen molar-refractivity contribution in [1.29, 1.82) is 0 Å². The molecule has 0 bridgehead atoms. The Hall–Kier alpha value is -0.860. The molecule has 0 aliphatic carbocycles. The fourth-order valence-electron chi connectivity index (χ4n) is 0.992. The summed E-state index contributed by atoms with van der Waals surface area (Å²) in [5.41, 5.74) is -0.444. The quantitative estimate of drug-likeness (QED) is 0.503. The first-order valence-electron chi connectivity index (χ1n) is 5.25. The van der Waals surface area contributed by atoms with Crippen LogP contribution in [-0.4, -0.2) is 18.7 Å². The highest BCUT2D eigenvalue weighted by atomic mass is 16.1. The zero-order valence-electron chi connectivity index (χ0n) is 9.43. The summed E-state index contributed by atoms with van der Waals surface area (Å²) in [5, 5.41) is 2.76. The van der Waals surface area contributed by atoms with Gasteiger partial charge in [-0.3, -0.25) is 4.79 Å². The summed E-state index contributed by atoms with van der Waals surface area (Å²) in [6.45, 7) is 6.16. The van der Waals surface area contributed by atoms with Gasteiger partial charge in [0.2, 0.25) is 5.91 Å². The monoisotopic (exact) mass is 199 g/mol. The van der Waals surface area contributed by atoms with Crippen molar-refractivity contribution in [3.63, 3.8) is 0 Å². The van der Waals surface area contributed by atoms with Crippen molar-refractivity contribution in [3.8, 4) is 0 Å². The Labute approximate surface area is 86.3 Å². The number of hydrogen-bond acceptors (Lipinski definition) is 2. The average Bonchev–Trinajstić information content (AvgIpc) is 2.16. The van der Waals surface area contributed by atoms with Crippen LogP contribution in [0.25, 0.3) is 0 Å². The van der Waals surface area contributed by atoms with Crippen LogP contribution >= 0.6 is 0 Å². The second kappa shape index (κ2) is 6.57. The standard InChI is InChI=1S/C11H21NO2/c1-4-5-6-7-10(14)12-8-11(2,3)9-13/h9H,4-8H2,1-3H3,(H,12,14). The maximum absolute atomic E-state index is 11.3. The van der Waals surface area contributed by atoms with Crippen LogP contribution in [0, 0.1) is 5.41 Å². The number of amides is 1. The molecule has 0 radical (unpaired) electrons. The lowest BCUT2D eigenvalue weighted by Gasteiger charge is -2.17. The smallest absolute Gasteiger partial charge is 0.220 e. The van der Waals surface area contributed by atoms with Crippen molar-refractivity contribution in [1.82, 2.24) is 5.32 Å². The summed E-state index contributed by atoms with van der Waals surface area (Å²) in [5.74, 6) is 0.0494. The number of nitrogens with one attached hydrogen (secondary N) is 1. The predicted molar refractivity (Wildman–Crippen MR) is 57.0 cm³/mol. The van der Waals surface area contributed by atoms with Crippen LogP contribution in [0.15, 0.2) is 0 Å². The number of aldehydes is 1. The van der Waals surface area contributed by atoms with Gasteiger partial charge in [-0.1, -0.05) is 33.6 Å². The van der Waals surface area contributed by atoms with Crippen LogP contribution in [0.4, 0.5) is 0 Å². The van der Waals surface area contributed by atoms with Crippen molar-refractivity contribution in [2.45, 2.75) is 46.5 Å². The molecule has 1 amide bonds. The van der Waals surface area contributed by atoms with E-state index >= 15 is 0 Å². The molecule has 14 heavy (non-hydrogen) atoms. The minimum absolute atomic E-state index is 0.0494. The van der Waals surface area contributed by atoms with Crippen molar-refractivity contribution < 1.29 is 9.59 Å². The van der Waals surface area contributed by atoms with Crippen LogP contribution in [0.1, 0.15) is 46.5 Å². The summed E-state index contributed by atoms with van der Waals surface area (Å²) in [6, 6.07) is 0. The highest BCUT2D eigenvalue weighted by molar-refractivity contribution is 5.76. The van der Waals surface area contributed by atoms with Crippen LogP contribution < -0.4 is 5.32 Å². The van der Waals surface area contributed by atoms with E-state index < -0.39 is 5.41 Å². The lowest BCUT2D eigenvalue weighted by atomic mass is 9.96. The molecule has 1 N–H and O–H groups in total. The summed E-state index contributed by atoms with van der Waals surface area (Å²) < 4.78 is 0. The molecular weight excluding hydrogens is 178 g/mol. The van der Waals surface area contributed by atoms with E-state index in [0.29, 0.717) is 13.0 Å². The highest BCUT2D eigenvalue weighted by Gasteiger charge is 2.16. The van der Waals surface area contributed by atoms with Gasteiger partial charge in [-0.25, -0.2) is 0 Å². The van der Waals surface area contributed by atoms with E-state index in [2.05, 4.69) is 12.2 Å². The maximum atomic E-state index is 11.3. The third-order valence-corrected chi connectivity index (χ3v) is 2.07. The number of hydrogen-bond donors (Lipinski definition) is 1. The van der Waals surface area contributed by atoms with Gasteiger partial charge >= 0.3 is 0 Å². The van der Waals surface area contributed by atoms with Gasteiger partial charge in [0.15, 0.2) is 0 Å². The Kier molecular flexibility index (Phi) is 6.17. The van der Waals surface area contributed by atoms with Crippen LogP contribution in [0.3, 0.4) is 0 Å². The molecule has 0 saturated carbocycles. The molecule has 0 aromatic rings. The minimum atomic E-state index is -0.444. The zero-order valence-corrected chi connectivity index (χ0v) is 9.43. The SMILES string of the molecule is CCCCCC(=O)NCC(C)(C)C=O. The van der Waals surface area contributed by atoms with Crippen molar-refractivity contribution in [2.75, 3.05) is 6.54 Å². The summed E-state index contributed by atoms with van der Waals surface area (Å²) in [7, 11) is 0. The first kappa shape index (κ1) is 13.1. The molecule has 0 atom stereocenters. The molecule has 0 aromatic heterocycles. The van der Waals surface area contributed by atoms with Gasteiger partial charge in [-0.15, -0.1) is 0 Å². The summed E-state index contributed by atoms with van der Waals surface area (Å²) >= 11 is 0. The molecule has 0 aliphatic rings. The lowest BCUT2D eigenvalue weighted by Crippen LogP contribution is -2.34. The third-order valence-electron chi connectivity index (χ3n) is 2.07. The minimum Gasteiger partial charge on any atom is -0.355 e. The van der Waals surface area contributed by atoms with Gasteiger partial charge in [0.1, 0.15) is 6.29 Å². The Bertz CT molecular complexity index is 188. The molecule has 0 aliphatic heterocycles. The second-order valence-electron chi connectivity index (χ2n) is 4.34. The number of unbranched alkanes of at least 4 members (excludes halogenated alkanes) is 2. The van der Waals surface area contributed by atoms with Gasteiger partial charge in [-0.05, 0) is 6.42 Å². The molecule has 0 rings (SSSR count). The van der Waals surface area contributed by atoms with Crippen molar-refractivity contribution in [2.24, 2.45) is 5.41 Å². The Balaban J connectivity index is 3.58. The molecule has 3 nitrogen and oxygen atoms in total. The van der Waals surface area contributed by atoms with E-state index in [-0.39, 0.29) is 5.91 Å². The van der Waals surface area contributed by atoms with E-state index in [1.54, 1.807) is 0 Å². The van der Waals surface area contributed by atoms with E-state index in [0.717, 1.165) is 25.5 Å². The van der Waals surface area contributed by atoms with Crippen LogP contribution in [0.5, 0.6) is 0 Å². The predicted octanol–water partition coefficient (Wildman–Crippen LogP) is 1.91. The fraction of sp³-hybridized carbons (Fsp3) is 0.818. The zero-order chi connectivity index (χ0) is 11.0. The number of carbonyl (C=O) groups excluding carboxylic acids is 2. The number of rotatable bonds is 7. The highest BCUT2D eigenvalue weighted by Crippen LogP contribution is 2.08. The second-order valence-corrected chi connectivity index (χ2v) is 4.34. The normalized spacial score (nSPS) is 11.1. The topological polar surface area (TPSA) is 46.2 Å².